The zero-order valence-electron chi connectivity index (χ0n) is 18.0. The van der Waals surface area contributed by atoms with Gasteiger partial charge in [-0.25, -0.2) is 9.69 Å². The minimum absolute atomic E-state index is 0.0206. The van der Waals surface area contributed by atoms with Gasteiger partial charge in [-0.2, -0.15) is 5.26 Å². The summed E-state index contributed by atoms with van der Waals surface area (Å²) in [4.78, 5) is 49.9. The number of nitrogens with zero attached hydrogens (tertiary/aromatic N) is 5. The van der Waals surface area contributed by atoms with E-state index in [1.54, 1.807) is 40.3 Å². The van der Waals surface area contributed by atoms with Gasteiger partial charge < -0.3 is 9.80 Å². The fraction of sp³-hybridized carbons (Fsp3) is 0.240. The zero-order valence-corrected chi connectivity index (χ0v) is 18.8. The molecule has 2 unspecified atom stereocenters. The highest BCUT2D eigenvalue weighted by molar-refractivity contribution is 8.00. The lowest BCUT2D eigenvalue weighted by Crippen LogP contribution is -2.55. The fourth-order valence-electron chi connectivity index (χ4n) is 5.35. The molecule has 34 heavy (non-hydrogen) atoms. The predicted octanol–water partition coefficient (Wildman–Crippen LogP) is 3.02. The summed E-state index contributed by atoms with van der Waals surface area (Å²) >= 11 is 1.47. The van der Waals surface area contributed by atoms with Crippen molar-refractivity contribution in [3.8, 4) is 6.07 Å². The van der Waals surface area contributed by atoms with E-state index in [2.05, 4.69) is 11.1 Å². The third kappa shape index (κ3) is 2.99. The van der Waals surface area contributed by atoms with Gasteiger partial charge in [0.05, 0.1) is 34.6 Å². The van der Waals surface area contributed by atoms with E-state index in [1.807, 2.05) is 30.3 Å². The number of carbonyl (C=O) groups is 3. The van der Waals surface area contributed by atoms with Crippen LogP contribution >= 0.6 is 11.8 Å². The quantitative estimate of drug-likeness (QED) is 0.430. The SMILES string of the molecule is N#Cc1ccc(N2C(=O)[C@H]3C4CC(CN4C(=O)CSc4ccccc4)N3C2=O)c2cccnc12. The van der Waals surface area contributed by atoms with Gasteiger partial charge >= 0.3 is 6.03 Å². The number of hydrogen-bond donors (Lipinski definition) is 0. The van der Waals surface area contributed by atoms with Crippen molar-refractivity contribution in [1.82, 2.24) is 14.8 Å². The van der Waals surface area contributed by atoms with Crippen LogP contribution in [0, 0.1) is 11.3 Å². The number of thioether (sulfide) groups is 1. The molecule has 8 nitrogen and oxygen atoms in total. The number of rotatable bonds is 4. The van der Waals surface area contributed by atoms with Crippen LogP contribution in [0.2, 0.25) is 0 Å². The summed E-state index contributed by atoms with van der Waals surface area (Å²) in [6, 6.07) is 17.0. The Hall–Kier alpha value is -3.90. The number of anilines is 1. The van der Waals surface area contributed by atoms with Crippen molar-refractivity contribution >= 4 is 46.2 Å². The summed E-state index contributed by atoms with van der Waals surface area (Å²) in [7, 11) is 0. The number of imide groups is 1. The van der Waals surface area contributed by atoms with E-state index in [0.717, 1.165) is 4.90 Å². The number of fused-ring (bicyclic) bond motifs is 6. The van der Waals surface area contributed by atoms with Crippen molar-refractivity contribution < 1.29 is 14.4 Å². The number of likely N-dealkylation sites (tertiary alicyclic amines) is 1. The summed E-state index contributed by atoms with van der Waals surface area (Å²) in [6.45, 7) is 0.442. The van der Waals surface area contributed by atoms with E-state index in [4.69, 9.17) is 0 Å². The number of carbonyl (C=O) groups excluding carboxylic acids is 3. The van der Waals surface area contributed by atoms with Crippen LogP contribution in [0.15, 0.2) is 65.7 Å². The third-order valence-electron chi connectivity index (χ3n) is 6.80. The number of hydrogen-bond acceptors (Lipinski definition) is 6. The largest absolute Gasteiger partial charge is 0.334 e. The Balaban J connectivity index is 1.27. The second-order valence-electron chi connectivity index (χ2n) is 8.56. The number of pyridine rings is 1. The molecule has 4 heterocycles. The van der Waals surface area contributed by atoms with Gasteiger partial charge in [-0.3, -0.25) is 14.6 Å². The van der Waals surface area contributed by atoms with Gasteiger partial charge in [0.15, 0.2) is 0 Å². The third-order valence-corrected chi connectivity index (χ3v) is 7.80. The Morgan fingerprint density at radius 1 is 1.12 bits per heavy atom. The van der Waals surface area contributed by atoms with Crippen LogP contribution in [0.5, 0.6) is 0 Å². The van der Waals surface area contributed by atoms with Crippen LogP contribution in [0.25, 0.3) is 10.9 Å². The highest BCUT2D eigenvalue weighted by Crippen LogP contribution is 2.43. The van der Waals surface area contributed by atoms with Crippen molar-refractivity contribution in [2.45, 2.75) is 29.4 Å². The molecular weight excluding hydrogens is 450 g/mol. The van der Waals surface area contributed by atoms with Crippen molar-refractivity contribution in [1.29, 1.82) is 5.26 Å². The first-order valence-electron chi connectivity index (χ1n) is 11.0. The monoisotopic (exact) mass is 469 g/mol. The van der Waals surface area contributed by atoms with E-state index in [-0.39, 0.29) is 35.7 Å². The molecule has 4 amide bonds. The summed E-state index contributed by atoms with van der Waals surface area (Å²) in [6.07, 6.45) is 2.20. The maximum atomic E-state index is 13.6. The maximum absolute atomic E-state index is 13.6. The molecule has 0 N–H and O–H groups in total. The normalized spacial score (nSPS) is 23.0. The Kier molecular flexibility index (Phi) is 4.78. The molecule has 0 radical (unpaired) electrons. The molecule has 3 fully saturated rings. The van der Waals surface area contributed by atoms with E-state index in [1.165, 1.54) is 16.7 Å². The topological polar surface area (TPSA) is 97.6 Å². The Morgan fingerprint density at radius 2 is 1.94 bits per heavy atom. The van der Waals surface area contributed by atoms with Crippen LogP contribution in [0.1, 0.15) is 12.0 Å². The predicted molar refractivity (Wildman–Crippen MR) is 126 cm³/mol. The smallest absolute Gasteiger partial charge is 0.332 e. The zero-order chi connectivity index (χ0) is 23.4. The van der Waals surface area contributed by atoms with Gasteiger partial charge in [0.1, 0.15) is 12.1 Å². The van der Waals surface area contributed by atoms with Gasteiger partial charge in [0.2, 0.25) is 5.91 Å². The summed E-state index contributed by atoms with van der Waals surface area (Å²) < 4.78 is 0. The average Bonchev–Trinajstić information content (AvgIpc) is 3.54. The lowest BCUT2D eigenvalue weighted by Gasteiger charge is -2.34. The fourth-order valence-corrected chi connectivity index (χ4v) is 6.16. The minimum atomic E-state index is -0.681. The molecule has 0 saturated carbocycles. The molecule has 2 bridgehead atoms. The lowest BCUT2D eigenvalue weighted by molar-refractivity contribution is -0.133. The second-order valence-corrected chi connectivity index (χ2v) is 9.61. The number of aromatic nitrogens is 1. The second kappa shape index (κ2) is 7.85. The Morgan fingerprint density at radius 3 is 2.74 bits per heavy atom. The number of piperazine rings is 1. The van der Waals surface area contributed by atoms with Crippen LogP contribution in [0.4, 0.5) is 10.5 Å². The molecule has 3 aliphatic rings. The molecular formula is C25H19N5O3S. The molecule has 0 aliphatic carbocycles. The maximum Gasteiger partial charge on any atom is 0.332 e. The first kappa shape index (κ1) is 20.7. The lowest BCUT2D eigenvalue weighted by atomic mass is 10.1. The molecule has 3 saturated heterocycles. The molecule has 3 aromatic rings. The van der Waals surface area contributed by atoms with Crippen molar-refractivity contribution in [2.75, 3.05) is 17.2 Å². The van der Waals surface area contributed by atoms with E-state index < -0.39 is 6.04 Å². The summed E-state index contributed by atoms with van der Waals surface area (Å²) in [5.41, 5.74) is 1.25. The van der Waals surface area contributed by atoms with Gasteiger partial charge in [-0.15, -0.1) is 11.8 Å². The highest BCUT2D eigenvalue weighted by Gasteiger charge is 2.62. The van der Waals surface area contributed by atoms with Crippen LogP contribution in [-0.4, -0.2) is 63.1 Å². The molecule has 3 aliphatic heterocycles. The van der Waals surface area contributed by atoms with E-state index in [9.17, 15) is 19.6 Å². The highest BCUT2D eigenvalue weighted by atomic mass is 32.2. The Labute approximate surface area is 199 Å². The van der Waals surface area contributed by atoms with Crippen LogP contribution in [0.3, 0.4) is 0 Å². The van der Waals surface area contributed by atoms with Gasteiger partial charge in [0.25, 0.3) is 5.91 Å². The van der Waals surface area contributed by atoms with Crippen molar-refractivity contribution in [3.63, 3.8) is 0 Å². The first-order valence-corrected chi connectivity index (χ1v) is 12.0. The van der Waals surface area contributed by atoms with Gasteiger partial charge in [-0.1, -0.05) is 18.2 Å². The molecule has 2 aromatic carbocycles. The van der Waals surface area contributed by atoms with Crippen LogP contribution in [-0.2, 0) is 9.59 Å². The van der Waals surface area contributed by atoms with Gasteiger partial charge in [0, 0.05) is 23.0 Å². The van der Waals surface area contributed by atoms with Crippen molar-refractivity contribution in [3.05, 3.63) is 66.4 Å². The van der Waals surface area contributed by atoms with E-state index in [0.29, 0.717) is 35.1 Å². The summed E-state index contributed by atoms with van der Waals surface area (Å²) in [5, 5.41) is 9.99. The number of amides is 4. The van der Waals surface area contributed by atoms with Crippen molar-refractivity contribution in [2.24, 2.45) is 0 Å². The molecule has 3 atom stereocenters. The molecule has 0 spiro atoms. The number of benzene rings is 2. The summed E-state index contributed by atoms with van der Waals surface area (Å²) in [5.74, 6) is -0.0640. The molecule has 9 heteroatoms. The first-order chi connectivity index (χ1) is 16.6. The Bertz CT molecular complexity index is 1390. The molecule has 1 aromatic heterocycles. The van der Waals surface area contributed by atoms with Crippen LogP contribution < -0.4 is 4.90 Å². The average molecular weight is 470 g/mol. The molecule has 168 valence electrons. The number of urea groups is 1. The van der Waals surface area contributed by atoms with E-state index >= 15 is 0 Å². The standard InChI is InChI=1S/C25H19N5O3S/c26-12-15-8-9-19(18-7-4-10-27-22(15)18)30-24(32)23-20-11-16(29(23)25(30)33)13-28(20)21(31)14-34-17-5-2-1-3-6-17/h1-10,16,20,23H,11,13-14H2/t16?,20?,23-/m1/s1. The molecule has 6 rings (SSSR count). The van der Waals surface area contributed by atoms with Gasteiger partial charge in [-0.05, 0) is 42.8 Å². The number of nitriles is 1. The minimum Gasteiger partial charge on any atom is -0.334 e.